The molecular weight excluding hydrogens is 310 g/mol. The molecule has 1 heterocycles. The van der Waals surface area contributed by atoms with Crippen molar-refractivity contribution >= 4 is 5.91 Å². The average Bonchev–Trinajstić information content (AvgIpc) is 3.07. The number of aromatic nitrogens is 2. The number of hydrogen-bond acceptors (Lipinski definition) is 2. The molecule has 2 aromatic carbocycles. The minimum Gasteiger partial charge on any atom is -0.364 e. The number of hydrogen-bond donors (Lipinski definition) is 1. The van der Waals surface area contributed by atoms with Crippen molar-refractivity contribution in [2.75, 3.05) is 0 Å². The highest BCUT2D eigenvalue weighted by Gasteiger charge is 2.10. The number of amides is 1. The average molecular weight is 329 g/mol. The lowest BCUT2D eigenvalue weighted by Crippen LogP contribution is -2.12. The summed E-state index contributed by atoms with van der Waals surface area (Å²) in [7, 11) is 0. The normalized spacial score (nSPS) is 10.2. The van der Waals surface area contributed by atoms with Crippen LogP contribution in [0.25, 0.3) is 5.69 Å². The Kier molecular flexibility index (Phi) is 4.40. The van der Waals surface area contributed by atoms with Crippen LogP contribution in [0, 0.1) is 32.6 Å². The summed E-state index contributed by atoms with van der Waals surface area (Å²) in [6.45, 7) is 6.12. The number of nitrogens with two attached hydrogens (primary N) is 1. The van der Waals surface area contributed by atoms with Gasteiger partial charge in [-0.3, -0.25) is 4.79 Å². The van der Waals surface area contributed by atoms with Gasteiger partial charge in [-0.25, -0.2) is 4.68 Å². The molecule has 124 valence electrons. The fourth-order valence-electron chi connectivity index (χ4n) is 2.63. The molecule has 4 heteroatoms. The quantitative estimate of drug-likeness (QED) is 0.733. The van der Waals surface area contributed by atoms with Crippen LogP contribution in [-0.2, 0) is 0 Å². The molecule has 2 N–H and O–H groups in total. The second-order valence-electron chi connectivity index (χ2n) is 5.96. The molecule has 0 atom stereocenters. The molecule has 0 fully saturated rings. The smallest absolute Gasteiger partial charge is 0.269 e. The number of carbonyl (C=O) groups excluding carboxylic acids is 1. The van der Waals surface area contributed by atoms with Gasteiger partial charge in [0.25, 0.3) is 5.91 Å². The predicted octanol–water partition coefficient (Wildman–Crippen LogP) is 3.30. The Balaban J connectivity index is 1.99. The summed E-state index contributed by atoms with van der Waals surface area (Å²) < 4.78 is 1.67. The van der Waals surface area contributed by atoms with Crippen molar-refractivity contribution in [3.05, 3.63) is 82.2 Å². The van der Waals surface area contributed by atoms with Gasteiger partial charge in [-0.15, -0.1) is 0 Å². The van der Waals surface area contributed by atoms with Gasteiger partial charge in [0.05, 0.1) is 5.69 Å². The van der Waals surface area contributed by atoms with Crippen molar-refractivity contribution in [3.8, 4) is 17.5 Å². The summed E-state index contributed by atoms with van der Waals surface area (Å²) in [6, 6.07) is 13.6. The first-order valence-corrected chi connectivity index (χ1v) is 8.01. The predicted molar refractivity (Wildman–Crippen MR) is 98.7 cm³/mol. The van der Waals surface area contributed by atoms with Crippen molar-refractivity contribution in [1.82, 2.24) is 9.78 Å². The Morgan fingerprint density at radius 1 is 0.960 bits per heavy atom. The third kappa shape index (κ3) is 3.31. The van der Waals surface area contributed by atoms with E-state index in [0.717, 1.165) is 33.5 Å². The van der Waals surface area contributed by atoms with E-state index in [2.05, 4.69) is 29.9 Å². The Hall–Kier alpha value is -3.32. The van der Waals surface area contributed by atoms with E-state index in [1.165, 1.54) is 0 Å². The van der Waals surface area contributed by atoms with Crippen LogP contribution in [0.1, 0.15) is 38.3 Å². The highest BCUT2D eigenvalue weighted by molar-refractivity contribution is 5.90. The summed E-state index contributed by atoms with van der Waals surface area (Å²) >= 11 is 0. The van der Waals surface area contributed by atoms with E-state index >= 15 is 0 Å². The standard InChI is InChI=1S/C21H19N3O/c1-14-6-4-5-7-17(14)8-9-18-10-11-20(16(3)15(18)2)24-13-12-19(23-24)21(22)25/h4-7,10-13H,1-3H3,(H2,22,25). The van der Waals surface area contributed by atoms with Gasteiger partial charge >= 0.3 is 0 Å². The second-order valence-corrected chi connectivity index (χ2v) is 5.96. The van der Waals surface area contributed by atoms with Crippen LogP contribution in [-0.4, -0.2) is 15.7 Å². The molecule has 0 aliphatic carbocycles. The molecule has 0 unspecified atom stereocenters. The molecule has 3 rings (SSSR count). The molecule has 1 aromatic heterocycles. The van der Waals surface area contributed by atoms with E-state index in [-0.39, 0.29) is 5.69 Å². The van der Waals surface area contributed by atoms with Gasteiger partial charge in [0.15, 0.2) is 0 Å². The zero-order valence-electron chi connectivity index (χ0n) is 14.5. The number of primary amides is 1. The number of rotatable bonds is 2. The number of benzene rings is 2. The molecule has 0 saturated heterocycles. The van der Waals surface area contributed by atoms with Crippen LogP contribution in [0.4, 0.5) is 0 Å². The molecule has 3 aromatic rings. The summed E-state index contributed by atoms with van der Waals surface area (Å²) in [5, 5.41) is 4.22. The van der Waals surface area contributed by atoms with E-state index in [9.17, 15) is 4.79 Å². The Morgan fingerprint density at radius 2 is 1.68 bits per heavy atom. The lowest BCUT2D eigenvalue weighted by molar-refractivity contribution is 0.0995. The first-order chi connectivity index (χ1) is 12.0. The van der Waals surface area contributed by atoms with E-state index in [4.69, 9.17) is 5.73 Å². The molecule has 1 amide bonds. The van der Waals surface area contributed by atoms with E-state index < -0.39 is 5.91 Å². The van der Waals surface area contributed by atoms with Gasteiger partial charge in [-0.05, 0) is 61.7 Å². The van der Waals surface area contributed by atoms with Gasteiger partial charge in [0, 0.05) is 17.3 Å². The van der Waals surface area contributed by atoms with Crippen molar-refractivity contribution < 1.29 is 4.79 Å². The maximum atomic E-state index is 11.2. The van der Waals surface area contributed by atoms with E-state index in [1.807, 2.05) is 44.2 Å². The van der Waals surface area contributed by atoms with Crippen LogP contribution in [0.2, 0.25) is 0 Å². The number of carbonyl (C=O) groups is 1. The first kappa shape index (κ1) is 16.5. The molecule has 4 nitrogen and oxygen atoms in total. The van der Waals surface area contributed by atoms with Crippen LogP contribution < -0.4 is 5.73 Å². The third-order valence-electron chi connectivity index (χ3n) is 4.32. The minimum absolute atomic E-state index is 0.250. The van der Waals surface area contributed by atoms with Crippen LogP contribution in [0.5, 0.6) is 0 Å². The fourth-order valence-corrected chi connectivity index (χ4v) is 2.63. The first-order valence-electron chi connectivity index (χ1n) is 8.01. The Morgan fingerprint density at radius 3 is 2.36 bits per heavy atom. The molecule has 0 aliphatic rings. The second kappa shape index (κ2) is 6.66. The minimum atomic E-state index is -0.533. The highest BCUT2D eigenvalue weighted by atomic mass is 16.1. The van der Waals surface area contributed by atoms with Crippen LogP contribution in [0.3, 0.4) is 0 Å². The van der Waals surface area contributed by atoms with Gasteiger partial charge in [0.1, 0.15) is 5.69 Å². The maximum Gasteiger partial charge on any atom is 0.269 e. The van der Waals surface area contributed by atoms with E-state index in [0.29, 0.717) is 0 Å². The molecule has 0 bridgehead atoms. The van der Waals surface area contributed by atoms with Crippen molar-refractivity contribution in [1.29, 1.82) is 0 Å². The number of aryl methyl sites for hydroxylation is 1. The van der Waals surface area contributed by atoms with Crippen LogP contribution in [0.15, 0.2) is 48.7 Å². The Labute approximate surface area is 147 Å². The lowest BCUT2D eigenvalue weighted by atomic mass is 10.0. The topological polar surface area (TPSA) is 60.9 Å². The summed E-state index contributed by atoms with van der Waals surface area (Å²) in [6.07, 6.45) is 1.74. The van der Waals surface area contributed by atoms with Crippen molar-refractivity contribution in [3.63, 3.8) is 0 Å². The summed E-state index contributed by atoms with van der Waals surface area (Å²) in [4.78, 5) is 11.2. The lowest BCUT2D eigenvalue weighted by Gasteiger charge is -2.10. The van der Waals surface area contributed by atoms with Gasteiger partial charge in [-0.1, -0.05) is 30.0 Å². The van der Waals surface area contributed by atoms with Gasteiger partial charge in [-0.2, -0.15) is 5.10 Å². The fraction of sp³-hybridized carbons (Fsp3) is 0.143. The Bertz CT molecular complexity index is 1020. The highest BCUT2D eigenvalue weighted by Crippen LogP contribution is 2.21. The number of nitrogens with zero attached hydrogens (tertiary/aromatic N) is 2. The van der Waals surface area contributed by atoms with Gasteiger partial charge < -0.3 is 5.73 Å². The largest absolute Gasteiger partial charge is 0.364 e. The molecular formula is C21H19N3O. The zero-order chi connectivity index (χ0) is 18.0. The monoisotopic (exact) mass is 329 g/mol. The molecule has 0 spiro atoms. The SMILES string of the molecule is Cc1ccccc1C#Cc1ccc(-n2ccc(C(N)=O)n2)c(C)c1C. The van der Waals surface area contributed by atoms with Crippen LogP contribution >= 0.6 is 0 Å². The molecule has 0 saturated carbocycles. The summed E-state index contributed by atoms with van der Waals surface area (Å²) in [5.41, 5.74) is 11.8. The maximum absolute atomic E-state index is 11.2. The third-order valence-corrected chi connectivity index (χ3v) is 4.32. The van der Waals surface area contributed by atoms with Gasteiger partial charge in [0.2, 0.25) is 0 Å². The zero-order valence-corrected chi connectivity index (χ0v) is 14.5. The summed E-state index contributed by atoms with van der Waals surface area (Å²) in [5.74, 6) is 5.97. The molecule has 0 aliphatic heterocycles. The van der Waals surface area contributed by atoms with Crippen molar-refractivity contribution in [2.45, 2.75) is 20.8 Å². The molecule has 0 radical (unpaired) electrons. The molecule has 25 heavy (non-hydrogen) atoms. The van der Waals surface area contributed by atoms with E-state index in [1.54, 1.807) is 16.9 Å². The van der Waals surface area contributed by atoms with Crippen molar-refractivity contribution in [2.24, 2.45) is 5.73 Å².